The largest absolute Gasteiger partial charge is 0.397 e. The summed E-state index contributed by atoms with van der Waals surface area (Å²) in [6, 6.07) is 8.77. The van der Waals surface area contributed by atoms with Gasteiger partial charge in [0.2, 0.25) is 0 Å². The Labute approximate surface area is 108 Å². The number of aromatic amines is 1. The van der Waals surface area contributed by atoms with E-state index in [0.29, 0.717) is 17.1 Å². The molecule has 1 aromatic heterocycles. The van der Waals surface area contributed by atoms with Crippen LogP contribution in [0.4, 0.5) is 25.8 Å². The van der Waals surface area contributed by atoms with Crippen molar-refractivity contribution in [1.82, 2.24) is 4.98 Å². The summed E-state index contributed by atoms with van der Waals surface area (Å²) in [5.74, 6) is -1.24. The predicted molar refractivity (Wildman–Crippen MR) is 72.4 cm³/mol. The number of benzene rings is 2. The number of hydrogen-bond donors (Lipinski definition) is 3. The van der Waals surface area contributed by atoms with Gasteiger partial charge in [-0.15, -0.1) is 0 Å². The van der Waals surface area contributed by atoms with Gasteiger partial charge in [0.05, 0.1) is 5.69 Å². The molecule has 0 saturated heterocycles. The van der Waals surface area contributed by atoms with Crippen molar-refractivity contribution in [2.75, 3.05) is 11.1 Å². The van der Waals surface area contributed by atoms with Crippen LogP contribution < -0.4 is 11.1 Å². The number of hydrogen-bond acceptors (Lipinski definition) is 2. The summed E-state index contributed by atoms with van der Waals surface area (Å²) in [6.07, 6.45) is 1.70. The topological polar surface area (TPSA) is 53.8 Å². The van der Waals surface area contributed by atoms with Crippen LogP contribution in [-0.4, -0.2) is 4.98 Å². The lowest BCUT2D eigenvalue weighted by atomic mass is 10.2. The fourth-order valence-electron chi connectivity index (χ4n) is 2.01. The third-order valence-electron chi connectivity index (χ3n) is 2.86. The number of nitrogen functional groups attached to an aromatic ring is 1. The molecule has 0 saturated carbocycles. The van der Waals surface area contributed by atoms with Gasteiger partial charge < -0.3 is 16.0 Å². The summed E-state index contributed by atoms with van der Waals surface area (Å²) >= 11 is 0. The lowest BCUT2D eigenvalue weighted by Crippen LogP contribution is -1.92. The first-order valence-electron chi connectivity index (χ1n) is 5.71. The molecule has 3 rings (SSSR count). The van der Waals surface area contributed by atoms with E-state index >= 15 is 0 Å². The summed E-state index contributed by atoms with van der Waals surface area (Å²) in [4.78, 5) is 3.02. The quantitative estimate of drug-likeness (QED) is 0.656. The fourth-order valence-corrected chi connectivity index (χ4v) is 2.01. The molecule has 0 unspecified atom stereocenters. The maximum atomic E-state index is 13.1. The Kier molecular flexibility index (Phi) is 2.59. The third-order valence-corrected chi connectivity index (χ3v) is 2.86. The van der Waals surface area contributed by atoms with Crippen molar-refractivity contribution in [1.29, 1.82) is 0 Å². The predicted octanol–water partition coefficient (Wildman–Crippen LogP) is 3.77. The molecule has 3 aromatic rings. The minimum Gasteiger partial charge on any atom is -0.397 e. The van der Waals surface area contributed by atoms with E-state index in [9.17, 15) is 8.78 Å². The Morgan fingerprint density at radius 3 is 2.42 bits per heavy atom. The van der Waals surface area contributed by atoms with Gasteiger partial charge in [-0.25, -0.2) is 8.78 Å². The Bertz CT molecular complexity index is 729. The molecule has 0 spiro atoms. The monoisotopic (exact) mass is 259 g/mol. The highest BCUT2D eigenvalue weighted by Crippen LogP contribution is 2.26. The highest BCUT2D eigenvalue weighted by Gasteiger charge is 2.04. The van der Waals surface area contributed by atoms with Gasteiger partial charge >= 0.3 is 0 Å². The number of halogens is 2. The van der Waals surface area contributed by atoms with Crippen LogP contribution in [0.25, 0.3) is 10.9 Å². The van der Waals surface area contributed by atoms with Crippen LogP contribution in [0.5, 0.6) is 0 Å². The third kappa shape index (κ3) is 2.22. The van der Waals surface area contributed by atoms with Gasteiger partial charge in [-0.1, -0.05) is 0 Å². The van der Waals surface area contributed by atoms with Gasteiger partial charge in [0.15, 0.2) is 0 Å². The maximum Gasteiger partial charge on any atom is 0.128 e. The van der Waals surface area contributed by atoms with E-state index in [4.69, 9.17) is 5.73 Å². The van der Waals surface area contributed by atoms with Crippen LogP contribution in [0.2, 0.25) is 0 Å². The lowest BCUT2D eigenvalue weighted by molar-refractivity contribution is 0.584. The number of aromatic nitrogens is 1. The first-order valence-corrected chi connectivity index (χ1v) is 5.71. The molecule has 4 N–H and O–H groups in total. The molecule has 0 aliphatic carbocycles. The number of rotatable bonds is 2. The zero-order valence-corrected chi connectivity index (χ0v) is 9.87. The van der Waals surface area contributed by atoms with Gasteiger partial charge in [0.25, 0.3) is 0 Å². The average Bonchev–Trinajstić information content (AvgIpc) is 2.70. The van der Waals surface area contributed by atoms with Crippen LogP contribution in [-0.2, 0) is 0 Å². The molecule has 0 fully saturated rings. The Balaban J connectivity index is 1.98. The summed E-state index contributed by atoms with van der Waals surface area (Å²) in [5.41, 5.74) is 8.41. The molecular formula is C14H11F2N3. The van der Waals surface area contributed by atoms with Crippen LogP contribution >= 0.6 is 0 Å². The molecule has 3 nitrogen and oxygen atoms in total. The molecule has 0 amide bonds. The van der Waals surface area contributed by atoms with Crippen molar-refractivity contribution in [3.63, 3.8) is 0 Å². The second kappa shape index (κ2) is 4.28. The van der Waals surface area contributed by atoms with Gasteiger partial charge in [-0.3, -0.25) is 0 Å². The van der Waals surface area contributed by atoms with E-state index in [1.165, 1.54) is 12.1 Å². The molecule has 0 atom stereocenters. The molecule has 0 aliphatic rings. The first kappa shape index (κ1) is 11.5. The second-order valence-corrected chi connectivity index (χ2v) is 4.29. The summed E-state index contributed by atoms with van der Waals surface area (Å²) in [7, 11) is 0. The molecule has 96 valence electrons. The molecule has 1 heterocycles. The van der Waals surface area contributed by atoms with E-state index in [1.807, 2.05) is 12.1 Å². The number of H-pyrrole nitrogens is 1. The van der Waals surface area contributed by atoms with Crippen molar-refractivity contribution in [3.8, 4) is 0 Å². The van der Waals surface area contributed by atoms with Crippen molar-refractivity contribution in [2.45, 2.75) is 0 Å². The second-order valence-electron chi connectivity index (χ2n) is 4.29. The number of fused-ring (bicyclic) bond motifs is 1. The molecule has 0 bridgehead atoms. The minimum atomic E-state index is -0.621. The van der Waals surface area contributed by atoms with Gasteiger partial charge in [-0.05, 0) is 30.3 Å². The van der Waals surface area contributed by atoms with E-state index in [2.05, 4.69) is 10.3 Å². The van der Waals surface area contributed by atoms with Gasteiger partial charge in [0.1, 0.15) is 11.6 Å². The average molecular weight is 259 g/mol. The van der Waals surface area contributed by atoms with Crippen molar-refractivity contribution < 1.29 is 8.78 Å². The Morgan fingerprint density at radius 2 is 1.68 bits per heavy atom. The molecule has 19 heavy (non-hydrogen) atoms. The van der Waals surface area contributed by atoms with Crippen LogP contribution in [0.15, 0.2) is 42.6 Å². The highest BCUT2D eigenvalue weighted by molar-refractivity contribution is 5.93. The molecule has 0 aliphatic heterocycles. The SMILES string of the molecule is Nc1c[nH]c2ccc(Nc3cc(F)cc(F)c3)cc12. The van der Waals surface area contributed by atoms with Crippen molar-refractivity contribution >= 4 is 28.0 Å². The van der Waals surface area contributed by atoms with Gasteiger partial charge in [0, 0.05) is 34.5 Å². The van der Waals surface area contributed by atoms with Crippen LogP contribution in [0.3, 0.4) is 0 Å². The van der Waals surface area contributed by atoms with Crippen molar-refractivity contribution in [2.24, 2.45) is 0 Å². The molecule has 5 heteroatoms. The van der Waals surface area contributed by atoms with Gasteiger partial charge in [-0.2, -0.15) is 0 Å². The Morgan fingerprint density at radius 1 is 0.947 bits per heavy atom. The maximum absolute atomic E-state index is 13.1. The lowest BCUT2D eigenvalue weighted by Gasteiger charge is -2.07. The zero-order chi connectivity index (χ0) is 13.4. The smallest absolute Gasteiger partial charge is 0.128 e. The van der Waals surface area contributed by atoms with E-state index < -0.39 is 11.6 Å². The normalized spacial score (nSPS) is 10.8. The fraction of sp³-hybridized carbons (Fsp3) is 0. The molecule has 0 radical (unpaired) electrons. The molecular weight excluding hydrogens is 248 g/mol. The summed E-state index contributed by atoms with van der Waals surface area (Å²) in [6.45, 7) is 0. The van der Waals surface area contributed by atoms with Crippen LogP contribution in [0.1, 0.15) is 0 Å². The zero-order valence-electron chi connectivity index (χ0n) is 9.87. The van der Waals surface area contributed by atoms with E-state index in [1.54, 1.807) is 12.3 Å². The number of anilines is 3. The highest BCUT2D eigenvalue weighted by atomic mass is 19.1. The Hall–Kier alpha value is -2.56. The van der Waals surface area contributed by atoms with Crippen molar-refractivity contribution in [3.05, 3.63) is 54.2 Å². The first-order chi connectivity index (χ1) is 9.11. The van der Waals surface area contributed by atoms with E-state index in [-0.39, 0.29) is 0 Å². The summed E-state index contributed by atoms with van der Waals surface area (Å²) in [5, 5.41) is 3.81. The minimum absolute atomic E-state index is 0.353. The van der Waals surface area contributed by atoms with Crippen LogP contribution in [0, 0.1) is 11.6 Å². The standard InChI is InChI=1S/C14H11F2N3/c15-8-3-9(16)5-11(4-8)19-10-1-2-14-12(6-10)13(17)7-18-14/h1-7,18-19H,17H2. The number of nitrogens with one attached hydrogen (secondary N) is 2. The molecule has 2 aromatic carbocycles. The summed E-state index contributed by atoms with van der Waals surface area (Å²) < 4.78 is 26.2. The number of nitrogens with two attached hydrogens (primary N) is 1. The van der Waals surface area contributed by atoms with E-state index in [0.717, 1.165) is 17.0 Å².